The second-order valence-corrected chi connectivity index (χ2v) is 8.51. The minimum atomic E-state index is 0.663. The first-order valence-corrected chi connectivity index (χ1v) is 11.5. The van der Waals surface area contributed by atoms with Gasteiger partial charge in [-0.15, -0.1) is 11.3 Å². The number of benzene rings is 1. The summed E-state index contributed by atoms with van der Waals surface area (Å²) in [5, 5.41) is 1.36. The highest BCUT2D eigenvalue weighted by Gasteiger charge is 2.14. The summed E-state index contributed by atoms with van der Waals surface area (Å²) in [6.45, 7) is 4.61. The number of aromatic nitrogens is 1. The van der Waals surface area contributed by atoms with Crippen molar-refractivity contribution in [2.45, 2.75) is 103 Å². The summed E-state index contributed by atoms with van der Waals surface area (Å²) in [7, 11) is 0. The van der Waals surface area contributed by atoms with E-state index in [0.717, 1.165) is 0 Å². The van der Waals surface area contributed by atoms with Crippen molar-refractivity contribution in [3.63, 3.8) is 0 Å². The van der Waals surface area contributed by atoms with E-state index < -0.39 is 0 Å². The van der Waals surface area contributed by atoms with Crippen LogP contribution >= 0.6 is 11.3 Å². The van der Waals surface area contributed by atoms with Gasteiger partial charge in [0.1, 0.15) is 0 Å². The highest BCUT2D eigenvalue weighted by Crippen LogP contribution is 2.32. The molecule has 1 atom stereocenters. The summed E-state index contributed by atoms with van der Waals surface area (Å²) < 4.78 is 1.34. The van der Waals surface area contributed by atoms with Crippen molar-refractivity contribution >= 4 is 21.6 Å². The van der Waals surface area contributed by atoms with Gasteiger partial charge in [0, 0.05) is 5.92 Å². The molecule has 0 saturated carbocycles. The summed E-state index contributed by atoms with van der Waals surface area (Å²) in [5.41, 5.74) is 1.18. The van der Waals surface area contributed by atoms with Gasteiger partial charge in [-0.2, -0.15) is 0 Å². The van der Waals surface area contributed by atoms with Crippen LogP contribution in [0.4, 0.5) is 0 Å². The molecule has 0 radical (unpaired) electrons. The Bertz CT molecular complexity index is 541. The normalized spacial score (nSPS) is 12.7. The SMILES string of the molecule is CCCCCCCCCCCCCC(CC)c1nc2ccccc2s1. The second-order valence-electron chi connectivity index (χ2n) is 7.45. The molecule has 1 aromatic carbocycles. The van der Waals surface area contributed by atoms with E-state index in [9.17, 15) is 0 Å². The molecule has 0 saturated heterocycles. The third-order valence-corrected chi connectivity index (χ3v) is 6.51. The maximum Gasteiger partial charge on any atom is 0.0969 e. The number of rotatable bonds is 14. The number of hydrogen-bond donors (Lipinski definition) is 0. The maximum absolute atomic E-state index is 4.87. The van der Waals surface area contributed by atoms with Crippen LogP contribution in [-0.4, -0.2) is 4.98 Å². The molecule has 0 aliphatic carbocycles. The van der Waals surface area contributed by atoms with Crippen LogP contribution in [0, 0.1) is 0 Å². The van der Waals surface area contributed by atoms with E-state index >= 15 is 0 Å². The zero-order chi connectivity index (χ0) is 17.7. The lowest BCUT2D eigenvalue weighted by molar-refractivity contribution is 0.515. The van der Waals surface area contributed by atoms with E-state index in [-0.39, 0.29) is 0 Å². The first-order valence-electron chi connectivity index (χ1n) is 10.7. The van der Waals surface area contributed by atoms with Crippen molar-refractivity contribution in [3.8, 4) is 0 Å². The molecule has 140 valence electrons. The van der Waals surface area contributed by atoms with Gasteiger partial charge >= 0.3 is 0 Å². The Balaban J connectivity index is 1.55. The average Bonchev–Trinajstić information content (AvgIpc) is 3.06. The van der Waals surface area contributed by atoms with Gasteiger partial charge in [-0.3, -0.25) is 0 Å². The number of fused-ring (bicyclic) bond motifs is 1. The molecule has 0 amide bonds. The van der Waals surface area contributed by atoms with E-state index in [0.29, 0.717) is 5.92 Å². The molecule has 0 aliphatic heterocycles. The molecular weight excluding hydrogens is 322 g/mol. The average molecular weight is 360 g/mol. The minimum Gasteiger partial charge on any atom is -0.241 e. The molecule has 0 bridgehead atoms. The lowest BCUT2D eigenvalue weighted by atomic mass is 9.98. The Hall–Kier alpha value is -0.890. The van der Waals surface area contributed by atoms with E-state index in [2.05, 4.69) is 38.1 Å². The lowest BCUT2D eigenvalue weighted by Gasteiger charge is -2.11. The topological polar surface area (TPSA) is 12.9 Å². The third kappa shape index (κ3) is 7.48. The zero-order valence-corrected chi connectivity index (χ0v) is 17.3. The largest absolute Gasteiger partial charge is 0.241 e. The summed E-state index contributed by atoms with van der Waals surface area (Å²) >= 11 is 1.90. The van der Waals surface area contributed by atoms with E-state index in [1.54, 1.807) is 0 Å². The van der Waals surface area contributed by atoms with Gasteiger partial charge in [0.2, 0.25) is 0 Å². The molecule has 0 aliphatic rings. The van der Waals surface area contributed by atoms with Gasteiger partial charge in [-0.25, -0.2) is 4.98 Å². The molecule has 0 N–H and O–H groups in total. The molecule has 1 unspecified atom stereocenters. The Morgan fingerprint density at radius 2 is 1.40 bits per heavy atom. The minimum absolute atomic E-state index is 0.663. The molecule has 0 spiro atoms. The van der Waals surface area contributed by atoms with Crippen molar-refractivity contribution in [2.24, 2.45) is 0 Å². The molecular formula is C23H37NS. The highest BCUT2D eigenvalue weighted by atomic mass is 32.1. The molecule has 1 heterocycles. The molecule has 0 fully saturated rings. The number of thiazole rings is 1. The first kappa shape index (κ1) is 20.4. The van der Waals surface area contributed by atoms with E-state index in [1.165, 1.54) is 98.7 Å². The van der Waals surface area contributed by atoms with Crippen LogP contribution in [0.25, 0.3) is 10.2 Å². The van der Waals surface area contributed by atoms with Crippen molar-refractivity contribution in [1.29, 1.82) is 0 Å². The number of unbranched alkanes of at least 4 members (excludes halogenated alkanes) is 10. The first-order chi connectivity index (χ1) is 12.3. The lowest BCUT2D eigenvalue weighted by Crippen LogP contribution is -1.96. The Labute approximate surface area is 159 Å². The summed E-state index contributed by atoms with van der Waals surface area (Å²) in [6, 6.07) is 8.56. The number of nitrogens with zero attached hydrogens (tertiary/aromatic N) is 1. The fourth-order valence-corrected chi connectivity index (χ4v) is 4.81. The van der Waals surface area contributed by atoms with Crippen molar-refractivity contribution < 1.29 is 0 Å². The van der Waals surface area contributed by atoms with E-state index in [4.69, 9.17) is 4.98 Å². The maximum atomic E-state index is 4.87. The Morgan fingerprint density at radius 1 is 0.800 bits per heavy atom. The predicted octanol–water partition coefficient (Wildman–Crippen LogP) is 8.49. The smallest absolute Gasteiger partial charge is 0.0969 e. The van der Waals surface area contributed by atoms with Gasteiger partial charge < -0.3 is 0 Å². The third-order valence-electron chi connectivity index (χ3n) is 5.31. The van der Waals surface area contributed by atoms with Crippen LogP contribution in [0.1, 0.15) is 108 Å². The van der Waals surface area contributed by atoms with Crippen LogP contribution in [0.2, 0.25) is 0 Å². The van der Waals surface area contributed by atoms with Crippen molar-refractivity contribution in [2.75, 3.05) is 0 Å². The van der Waals surface area contributed by atoms with Gasteiger partial charge in [-0.05, 0) is 25.0 Å². The quantitative estimate of drug-likeness (QED) is 0.308. The fourth-order valence-electron chi connectivity index (χ4n) is 3.62. The van der Waals surface area contributed by atoms with Crippen LogP contribution in [0.15, 0.2) is 24.3 Å². The van der Waals surface area contributed by atoms with Crippen LogP contribution in [0.3, 0.4) is 0 Å². The highest BCUT2D eigenvalue weighted by molar-refractivity contribution is 7.18. The molecule has 1 nitrogen and oxygen atoms in total. The standard InChI is InChI=1S/C23H37NS/c1-3-5-6-7-8-9-10-11-12-13-14-17-20(4-2)23-24-21-18-15-16-19-22(21)25-23/h15-16,18-20H,3-14,17H2,1-2H3. The van der Waals surface area contributed by atoms with Crippen LogP contribution in [0.5, 0.6) is 0 Å². The summed E-state index contributed by atoms with van der Waals surface area (Å²) in [4.78, 5) is 4.87. The van der Waals surface area contributed by atoms with Gasteiger partial charge in [0.25, 0.3) is 0 Å². The zero-order valence-electron chi connectivity index (χ0n) is 16.4. The van der Waals surface area contributed by atoms with Crippen LogP contribution in [-0.2, 0) is 0 Å². The fraction of sp³-hybridized carbons (Fsp3) is 0.696. The molecule has 2 heteroatoms. The van der Waals surface area contributed by atoms with Crippen molar-refractivity contribution in [1.82, 2.24) is 4.98 Å². The Kier molecular flexibility index (Phi) is 10.2. The monoisotopic (exact) mass is 359 g/mol. The molecule has 1 aromatic heterocycles. The van der Waals surface area contributed by atoms with Crippen LogP contribution < -0.4 is 0 Å². The van der Waals surface area contributed by atoms with Gasteiger partial charge in [0.15, 0.2) is 0 Å². The van der Waals surface area contributed by atoms with Gasteiger partial charge in [-0.1, -0.05) is 96.6 Å². The predicted molar refractivity (Wildman–Crippen MR) is 114 cm³/mol. The number of para-hydroxylation sites is 1. The second kappa shape index (κ2) is 12.5. The number of hydrogen-bond acceptors (Lipinski definition) is 2. The summed E-state index contributed by atoms with van der Waals surface area (Å²) in [6.07, 6.45) is 18.2. The molecule has 2 aromatic rings. The van der Waals surface area contributed by atoms with E-state index in [1.807, 2.05) is 11.3 Å². The van der Waals surface area contributed by atoms with Crippen molar-refractivity contribution in [3.05, 3.63) is 29.3 Å². The molecule has 25 heavy (non-hydrogen) atoms. The molecule has 2 rings (SSSR count). The van der Waals surface area contributed by atoms with Gasteiger partial charge in [0.05, 0.1) is 15.2 Å². The summed E-state index contributed by atoms with van der Waals surface area (Å²) in [5.74, 6) is 0.663. The Morgan fingerprint density at radius 3 is 2.00 bits per heavy atom.